The lowest BCUT2D eigenvalue weighted by Crippen LogP contribution is -2.14. The van der Waals surface area contributed by atoms with Crippen LogP contribution in [0.15, 0.2) is 12.7 Å². The SMILES string of the molecule is C=CC.CC(C)O[SiH2]OC(C)C. The maximum absolute atomic E-state index is 5.27. The maximum Gasteiger partial charge on any atom is 0.304 e. The van der Waals surface area contributed by atoms with Crippen LogP contribution in [-0.4, -0.2) is 22.2 Å². The molecule has 0 atom stereocenters. The van der Waals surface area contributed by atoms with Gasteiger partial charge in [-0.25, -0.2) is 0 Å². The van der Waals surface area contributed by atoms with Gasteiger partial charge in [0.05, 0.1) is 0 Å². The first-order valence-electron chi connectivity index (χ1n) is 4.34. The predicted octanol–water partition coefficient (Wildman–Crippen LogP) is 2.03. The van der Waals surface area contributed by atoms with Crippen molar-refractivity contribution in [3.8, 4) is 0 Å². The molecular weight excluding hydrogens is 168 g/mol. The van der Waals surface area contributed by atoms with E-state index in [1.165, 1.54) is 0 Å². The monoisotopic (exact) mass is 190 g/mol. The molecule has 3 heteroatoms. The zero-order valence-corrected chi connectivity index (χ0v) is 10.4. The zero-order valence-electron chi connectivity index (χ0n) is 8.96. The third kappa shape index (κ3) is 22.5. The Morgan fingerprint density at radius 1 is 1.08 bits per heavy atom. The Bertz CT molecular complexity index is 84.5. The summed E-state index contributed by atoms with van der Waals surface area (Å²) in [5, 5.41) is 0. The van der Waals surface area contributed by atoms with E-state index in [9.17, 15) is 0 Å². The maximum atomic E-state index is 5.27. The minimum atomic E-state index is -0.684. The van der Waals surface area contributed by atoms with Gasteiger partial charge in [-0.05, 0) is 34.6 Å². The number of hydrogen-bond donors (Lipinski definition) is 0. The van der Waals surface area contributed by atoms with Gasteiger partial charge in [0.2, 0.25) is 0 Å². The van der Waals surface area contributed by atoms with Crippen LogP contribution in [0.1, 0.15) is 34.6 Å². The summed E-state index contributed by atoms with van der Waals surface area (Å²) in [4.78, 5) is 0. The van der Waals surface area contributed by atoms with E-state index in [0.717, 1.165) is 0 Å². The molecular formula is C9H22O2Si. The van der Waals surface area contributed by atoms with Crippen LogP contribution in [0.4, 0.5) is 0 Å². The Kier molecular flexibility index (Phi) is 13.1. The second-order valence-electron chi connectivity index (χ2n) is 2.96. The fourth-order valence-corrected chi connectivity index (χ4v) is 0.934. The lowest BCUT2D eigenvalue weighted by atomic mass is 10.5. The van der Waals surface area contributed by atoms with E-state index in [-0.39, 0.29) is 0 Å². The van der Waals surface area contributed by atoms with Gasteiger partial charge in [-0.3, -0.25) is 0 Å². The Morgan fingerprint density at radius 3 is 1.50 bits per heavy atom. The topological polar surface area (TPSA) is 18.5 Å². The standard InChI is InChI=1S/C6H16O2Si.C3H6/c1-5(2)7-9-8-6(3)4;1-3-2/h5-6H,9H2,1-4H3;3H,1H2,2H3. The predicted molar refractivity (Wildman–Crippen MR) is 56.9 cm³/mol. The Hall–Kier alpha value is -0.123. The van der Waals surface area contributed by atoms with Crippen LogP contribution in [0.25, 0.3) is 0 Å². The molecule has 0 amide bonds. The van der Waals surface area contributed by atoms with Crippen LogP contribution >= 0.6 is 0 Å². The second kappa shape index (κ2) is 10.9. The van der Waals surface area contributed by atoms with Crippen LogP contribution < -0.4 is 0 Å². The van der Waals surface area contributed by atoms with Crippen molar-refractivity contribution in [2.75, 3.05) is 0 Å². The molecule has 0 saturated carbocycles. The molecule has 2 nitrogen and oxygen atoms in total. The third-order valence-electron chi connectivity index (χ3n) is 0.803. The van der Waals surface area contributed by atoms with Crippen LogP contribution in [-0.2, 0) is 8.85 Å². The second-order valence-corrected chi connectivity index (χ2v) is 3.86. The summed E-state index contributed by atoms with van der Waals surface area (Å²) >= 11 is 0. The van der Waals surface area contributed by atoms with Gasteiger partial charge < -0.3 is 8.85 Å². The van der Waals surface area contributed by atoms with Crippen LogP contribution in [0, 0.1) is 0 Å². The molecule has 0 N–H and O–H groups in total. The smallest absolute Gasteiger partial charge is 0.304 e. The van der Waals surface area contributed by atoms with Gasteiger partial charge in [0, 0.05) is 12.2 Å². The molecule has 0 rings (SSSR count). The Balaban J connectivity index is 0. The highest BCUT2D eigenvalue weighted by Gasteiger charge is 1.95. The summed E-state index contributed by atoms with van der Waals surface area (Å²) in [5.74, 6) is 0. The fourth-order valence-electron chi connectivity index (χ4n) is 0.311. The van der Waals surface area contributed by atoms with E-state index in [0.29, 0.717) is 12.2 Å². The van der Waals surface area contributed by atoms with Crippen molar-refractivity contribution < 1.29 is 8.85 Å². The zero-order chi connectivity index (χ0) is 9.98. The first-order chi connectivity index (χ1) is 5.54. The average molecular weight is 190 g/mol. The minimum Gasteiger partial charge on any atom is -0.396 e. The third-order valence-corrected chi connectivity index (χ3v) is 2.41. The summed E-state index contributed by atoms with van der Waals surface area (Å²) < 4.78 is 10.5. The van der Waals surface area contributed by atoms with Gasteiger partial charge in [-0.2, -0.15) is 0 Å². The molecule has 0 spiro atoms. The van der Waals surface area contributed by atoms with E-state index >= 15 is 0 Å². The van der Waals surface area contributed by atoms with Gasteiger partial charge in [0.15, 0.2) is 0 Å². The van der Waals surface area contributed by atoms with Crippen LogP contribution in [0.3, 0.4) is 0 Å². The van der Waals surface area contributed by atoms with Gasteiger partial charge in [0.25, 0.3) is 0 Å². The molecule has 0 aliphatic rings. The van der Waals surface area contributed by atoms with Crippen molar-refractivity contribution in [2.24, 2.45) is 0 Å². The van der Waals surface area contributed by atoms with Crippen molar-refractivity contribution in [1.82, 2.24) is 0 Å². The minimum absolute atomic E-state index is 0.329. The van der Waals surface area contributed by atoms with Gasteiger partial charge in [-0.15, -0.1) is 6.58 Å². The molecule has 0 aromatic rings. The van der Waals surface area contributed by atoms with E-state index in [4.69, 9.17) is 8.85 Å². The van der Waals surface area contributed by atoms with Crippen LogP contribution in [0.5, 0.6) is 0 Å². The van der Waals surface area contributed by atoms with Crippen molar-refractivity contribution in [3.05, 3.63) is 12.7 Å². The summed E-state index contributed by atoms with van der Waals surface area (Å²) in [6.45, 7) is 13.3. The number of rotatable bonds is 4. The van der Waals surface area contributed by atoms with Crippen molar-refractivity contribution in [3.63, 3.8) is 0 Å². The average Bonchev–Trinajstić information content (AvgIpc) is 1.87. The van der Waals surface area contributed by atoms with Crippen molar-refractivity contribution in [2.45, 2.75) is 46.8 Å². The normalized spacial score (nSPS) is 9.58. The number of allylic oxidation sites excluding steroid dienone is 1. The Morgan fingerprint density at radius 2 is 1.33 bits per heavy atom. The summed E-state index contributed by atoms with van der Waals surface area (Å²) in [5.41, 5.74) is 0. The number of hydrogen-bond acceptors (Lipinski definition) is 2. The Labute approximate surface area is 79.0 Å². The van der Waals surface area contributed by atoms with Gasteiger partial charge in [-0.1, -0.05) is 6.08 Å². The summed E-state index contributed by atoms with van der Waals surface area (Å²) in [6.07, 6.45) is 2.41. The van der Waals surface area contributed by atoms with Crippen molar-refractivity contribution in [1.29, 1.82) is 0 Å². The van der Waals surface area contributed by atoms with Gasteiger partial charge >= 0.3 is 10.0 Å². The molecule has 0 aromatic heterocycles. The fraction of sp³-hybridized carbons (Fsp3) is 0.778. The highest BCUT2D eigenvalue weighted by atomic mass is 28.3. The summed E-state index contributed by atoms with van der Waals surface area (Å²) in [7, 11) is -0.684. The molecule has 0 radical (unpaired) electrons. The molecule has 0 aliphatic carbocycles. The molecule has 12 heavy (non-hydrogen) atoms. The van der Waals surface area contributed by atoms with E-state index in [2.05, 4.69) is 6.58 Å². The highest BCUT2D eigenvalue weighted by molar-refractivity contribution is 6.18. The molecule has 0 unspecified atom stereocenters. The molecule has 0 aliphatic heterocycles. The van der Waals surface area contributed by atoms with E-state index < -0.39 is 10.0 Å². The largest absolute Gasteiger partial charge is 0.396 e. The lowest BCUT2D eigenvalue weighted by Gasteiger charge is -2.09. The van der Waals surface area contributed by atoms with Crippen molar-refractivity contribution >= 4 is 10.0 Å². The molecule has 0 aromatic carbocycles. The first kappa shape index (κ1) is 14.4. The first-order valence-corrected chi connectivity index (χ1v) is 5.50. The quantitative estimate of drug-likeness (QED) is 0.499. The molecule has 0 fully saturated rings. The van der Waals surface area contributed by atoms with E-state index in [1.807, 2.05) is 34.6 Å². The molecule has 0 heterocycles. The molecule has 74 valence electrons. The lowest BCUT2D eigenvalue weighted by molar-refractivity contribution is 0.152. The highest BCUT2D eigenvalue weighted by Crippen LogP contribution is 1.89. The van der Waals surface area contributed by atoms with E-state index in [1.54, 1.807) is 6.08 Å². The van der Waals surface area contributed by atoms with Crippen LogP contribution in [0.2, 0.25) is 0 Å². The molecule has 0 saturated heterocycles. The molecule has 0 bridgehead atoms. The van der Waals surface area contributed by atoms with Gasteiger partial charge in [0.1, 0.15) is 0 Å². The summed E-state index contributed by atoms with van der Waals surface area (Å²) in [6, 6.07) is 0.